The van der Waals surface area contributed by atoms with Crippen molar-refractivity contribution < 1.29 is 4.39 Å². The number of aryl methyl sites for hydroxylation is 1. The van der Waals surface area contributed by atoms with Crippen LogP contribution in [-0.2, 0) is 0 Å². The van der Waals surface area contributed by atoms with Crippen LogP contribution in [0.25, 0.3) is 0 Å². The predicted molar refractivity (Wildman–Crippen MR) is 73.9 cm³/mol. The van der Waals surface area contributed by atoms with Crippen molar-refractivity contribution in [1.82, 2.24) is 0 Å². The van der Waals surface area contributed by atoms with Gasteiger partial charge in [-0.2, -0.15) is 0 Å². The summed E-state index contributed by atoms with van der Waals surface area (Å²) in [5, 5.41) is 2.01. The van der Waals surface area contributed by atoms with E-state index in [1.165, 1.54) is 0 Å². The van der Waals surface area contributed by atoms with Crippen LogP contribution in [0, 0.1) is 12.7 Å². The highest BCUT2D eigenvalue weighted by atomic mass is 79.9. The molecule has 0 amide bonds. The molecule has 0 N–H and O–H groups in total. The second kappa shape index (κ2) is 4.98. The van der Waals surface area contributed by atoms with Crippen LogP contribution >= 0.6 is 43.2 Å². The molecule has 0 fully saturated rings. The highest BCUT2D eigenvalue weighted by Crippen LogP contribution is 2.39. The minimum absolute atomic E-state index is 0.0389. The summed E-state index contributed by atoms with van der Waals surface area (Å²) in [4.78, 5) is 1.19. The number of halogens is 3. The summed E-state index contributed by atoms with van der Waals surface area (Å²) in [6, 6.07) is 7.34. The van der Waals surface area contributed by atoms with Crippen LogP contribution in [0.5, 0.6) is 0 Å². The third-order valence-corrected chi connectivity index (χ3v) is 5.59. The van der Waals surface area contributed by atoms with E-state index in [0.29, 0.717) is 5.56 Å². The number of hydrogen-bond donors (Lipinski definition) is 0. The summed E-state index contributed by atoms with van der Waals surface area (Å²) in [6.45, 7) is 1.77. The van der Waals surface area contributed by atoms with Crippen molar-refractivity contribution in [3.63, 3.8) is 0 Å². The normalized spacial score (nSPS) is 12.8. The maximum atomic E-state index is 13.5. The highest BCUT2D eigenvalue weighted by molar-refractivity contribution is 9.11. The summed E-state index contributed by atoms with van der Waals surface area (Å²) in [6.07, 6.45) is 0. The van der Waals surface area contributed by atoms with Crippen LogP contribution in [-0.4, -0.2) is 0 Å². The fourth-order valence-electron chi connectivity index (χ4n) is 1.40. The van der Waals surface area contributed by atoms with Crippen LogP contribution < -0.4 is 0 Å². The van der Waals surface area contributed by atoms with Crippen LogP contribution in [0.4, 0.5) is 4.39 Å². The van der Waals surface area contributed by atoms with Crippen LogP contribution in [0.2, 0.25) is 0 Å². The van der Waals surface area contributed by atoms with E-state index < -0.39 is 0 Å². The molecule has 0 aliphatic carbocycles. The number of hydrogen-bond acceptors (Lipinski definition) is 1. The lowest BCUT2D eigenvalue weighted by Gasteiger charge is -2.10. The molecule has 1 aromatic carbocycles. The molecule has 0 bridgehead atoms. The van der Waals surface area contributed by atoms with Crippen molar-refractivity contribution in [2.75, 3.05) is 0 Å². The number of thiophene rings is 1. The van der Waals surface area contributed by atoms with Crippen molar-refractivity contribution in [3.05, 3.63) is 55.9 Å². The van der Waals surface area contributed by atoms with Crippen LogP contribution in [0.15, 0.2) is 34.1 Å². The van der Waals surface area contributed by atoms with Crippen molar-refractivity contribution >= 4 is 43.2 Å². The van der Waals surface area contributed by atoms with Gasteiger partial charge >= 0.3 is 0 Å². The topological polar surface area (TPSA) is 0 Å². The lowest BCUT2D eigenvalue weighted by Crippen LogP contribution is -1.93. The Morgan fingerprint density at radius 2 is 2.06 bits per heavy atom. The van der Waals surface area contributed by atoms with Gasteiger partial charge in [-0.15, -0.1) is 11.3 Å². The zero-order valence-electron chi connectivity index (χ0n) is 8.51. The van der Waals surface area contributed by atoms with E-state index in [-0.39, 0.29) is 10.6 Å². The second-order valence-corrected chi connectivity index (χ2v) is 6.22. The molecular formula is C12H9Br2FS. The average Bonchev–Trinajstić information content (AvgIpc) is 2.67. The third kappa shape index (κ3) is 2.39. The highest BCUT2D eigenvalue weighted by Gasteiger charge is 2.15. The lowest BCUT2D eigenvalue weighted by molar-refractivity contribution is 0.616. The van der Waals surface area contributed by atoms with Gasteiger partial charge in [0.05, 0.1) is 4.83 Å². The van der Waals surface area contributed by atoms with Gasteiger partial charge < -0.3 is 0 Å². The molecule has 2 aromatic rings. The van der Waals surface area contributed by atoms with E-state index in [4.69, 9.17) is 0 Å². The molecule has 0 radical (unpaired) electrons. The summed E-state index contributed by atoms with van der Waals surface area (Å²) in [5.74, 6) is -0.158. The average molecular weight is 364 g/mol. The minimum atomic E-state index is -0.158. The molecule has 16 heavy (non-hydrogen) atoms. The Balaban J connectivity index is 2.38. The van der Waals surface area contributed by atoms with Gasteiger partial charge in [0, 0.05) is 9.35 Å². The molecule has 1 aromatic heterocycles. The molecule has 0 spiro atoms. The van der Waals surface area contributed by atoms with Gasteiger partial charge in [-0.3, -0.25) is 0 Å². The molecular weight excluding hydrogens is 355 g/mol. The van der Waals surface area contributed by atoms with Crippen molar-refractivity contribution in [2.24, 2.45) is 0 Å². The molecule has 2 rings (SSSR count). The first-order valence-corrected chi connectivity index (χ1v) is 7.31. The quantitative estimate of drug-likeness (QED) is 0.623. The Kier molecular flexibility index (Phi) is 3.82. The standard InChI is InChI=1S/C12H9Br2FS/c1-7-2-3-8(6-10(7)15)11(14)12-9(13)4-5-16-12/h2-6,11H,1H3. The summed E-state index contributed by atoms with van der Waals surface area (Å²) < 4.78 is 14.5. The van der Waals surface area contributed by atoms with E-state index >= 15 is 0 Å². The summed E-state index contributed by atoms with van der Waals surface area (Å²) in [5.41, 5.74) is 1.61. The Bertz CT molecular complexity index is 507. The monoisotopic (exact) mass is 362 g/mol. The van der Waals surface area contributed by atoms with E-state index in [0.717, 1.165) is 14.9 Å². The maximum absolute atomic E-state index is 13.5. The Morgan fingerprint density at radius 3 is 2.62 bits per heavy atom. The molecule has 0 saturated carbocycles. The van der Waals surface area contributed by atoms with Crippen molar-refractivity contribution in [2.45, 2.75) is 11.8 Å². The number of alkyl halides is 1. The predicted octanol–water partition coefficient (Wildman–Crippen LogP) is 5.44. The van der Waals surface area contributed by atoms with E-state index in [9.17, 15) is 4.39 Å². The molecule has 0 nitrogen and oxygen atoms in total. The maximum Gasteiger partial charge on any atom is 0.126 e. The van der Waals surface area contributed by atoms with E-state index in [2.05, 4.69) is 31.9 Å². The first kappa shape index (κ1) is 12.3. The molecule has 1 heterocycles. The smallest absolute Gasteiger partial charge is 0.126 e. The zero-order valence-corrected chi connectivity index (χ0v) is 12.5. The van der Waals surface area contributed by atoms with E-state index in [1.54, 1.807) is 30.4 Å². The second-order valence-electron chi connectivity index (χ2n) is 3.50. The Morgan fingerprint density at radius 1 is 1.31 bits per heavy atom. The Labute approximate surface area is 115 Å². The first-order valence-electron chi connectivity index (χ1n) is 4.72. The molecule has 0 aliphatic heterocycles. The van der Waals surface area contributed by atoms with Crippen LogP contribution in [0.1, 0.15) is 20.8 Å². The van der Waals surface area contributed by atoms with Gasteiger partial charge in [-0.05, 0) is 51.5 Å². The third-order valence-electron chi connectivity index (χ3n) is 2.36. The fraction of sp³-hybridized carbons (Fsp3) is 0.167. The van der Waals surface area contributed by atoms with Gasteiger partial charge in [-0.1, -0.05) is 28.1 Å². The first-order chi connectivity index (χ1) is 7.59. The molecule has 0 aliphatic rings. The van der Waals surface area contributed by atoms with Crippen LogP contribution in [0.3, 0.4) is 0 Å². The minimum Gasteiger partial charge on any atom is -0.207 e. The van der Waals surface area contributed by atoms with Crippen molar-refractivity contribution in [1.29, 1.82) is 0 Å². The zero-order chi connectivity index (χ0) is 11.7. The SMILES string of the molecule is Cc1ccc(C(Br)c2sccc2Br)cc1F. The van der Waals surface area contributed by atoms with Gasteiger partial charge in [0.15, 0.2) is 0 Å². The fourth-order valence-corrected chi connectivity index (χ4v) is 4.17. The van der Waals surface area contributed by atoms with E-state index in [1.807, 2.05) is 17.5 Å². The number of benzene rings is 1. The summed E-state index contributed by atoms with van der Waals surface area (Å²) >= 11 is 8.73. The van der Waals surface area contributed by atoms with Gasteiger partial charge in [0.1, 0.15) is 5.82 Å². The summed E-state index contributed by atoms with van der Waals surface area (Å²) in [7, 11) is 0. The molecule has 0 saturated heterocycles. The molecule has 84 valence electrons. The number of rotatable bonds is 2. The van der Waals surface area contributed by atoms with Gasteiger partial charge in [0.25, 0.3) is 0 Å². The molecule has 1 unspecified atom stereocenters. The van der Waals surface area contributed by atoms with Gasteiger partial charge in [-0.25, -0.2) is 4.39 Å². The lowest BCUT2D eigenvalue weighted by atomic mass is 10.1. The van der Waals surface area contributed by atoms with Crippen molar-refractivity contribution in [3.8, 4) is 0 Å². The molecule has 4 heteroatoms. The largest absolute Gasteiger partial charge is 0.207 e. The Hall–Kier alpha value is -0.190. The van der Waals surface area contributed by atoms with Gasteiger partial charge in [0.2, 0.25) is 0 Å². The molecule has 1 atom stereocenters.